The van der Waals surface area contributed by atoms with Crippen molar-refractivity contribution in [3.63, 3.8) is 0 Å². The molecule has 0 aliphatic heterocycles. The summed E-state index contributed by atoms with van der Waals surface area (Å²) in [6.45, 7) is 1.99. The molecule has 0 heterocycles. The van der Waals surface area contributed by atoms with Crippen LogP contribution in [0.5, 0.6) is 5.75 Å². The van der Waals surface area contributed by atoms with Crippen LogP contribution in [0.4, 0.5) is 0 Å². The van der Waals surface area contributed by atoms with E-state index in [4.69, 9.17) is 5.73 Å². The van der Waals surface area contributed by atoms with Gasteiger partial charge in [-0.1, -0.05) is 48.0 Å². The maximum absolute atomic E-state index is 13.9. The number of hydrogen-bond donors (Lipinski definition) is 3. The predicted molar refractivity (Wildman–Crippen MR) is 141 cm³/mol. The number of phenols is 1. The van der Waals surface area contributed by atoms with Crippen LogP contribution in [0.15, 0.2) is 36.4 Å². The number of ketones is 4. The summed E-state index contributed by atoms with van der Waals surface area (Å²) < 4.78 is 0. The van der Waals surface area contributed by atoms with Gasteiger partial charge in [-0.25, -0.2) is 0 Å². The monoisotopic (exact) mass is 530 g/mol. The topological polar surface area (TPSA) is 155 Å². The highest BCUT2D eigenvalue weighted by molar-refractivity contribution is 6.32. The number of carbonyl (C=O) groups excluding carboxylic acids is 5. The number of aromatic hydroxyl groups is 1. The third kappa shape index (κ3) is 3.95. The van der Waals surface area contributed by atoms with Gasteiger partial charge in [0.2, 0.25) is 5.91 Å². The molecular formula is C30H30N2O7. The van der Waals surface area contributed by atoms with E-state index in [1.807, 2.05) is 43.3 Å². The Morgan fingerprint density at radius 2 is 1.69 bits per heavy atom. The molecule has 3 aliphatic rings. The number of Topliss-reactive ketones (excluding diaryl/α,β-unsaturated/α-hetero) is 4. The predicted octanol–water partition coefficient (Wildman–Crippen LogP) is 1.35. The van der Waals surface area contributed by atoms with Gasteiger partial charge >= 0.3 is 0 Å². The van der Waals surface area contributed by atoms with Crippen LogP contribution in [0.1, 0.15) is 39.0 Å². The number of likely N-dealkylation sites (N-methyl/N-ethyl adjacent to an activating group) is 1. The molecule has 202 valence electrons. The van der Waals surface area contributed by atoms with E-state index in [2.05, 4.69) is 0 Å². The van der Waals surface area contributed by atoms with E-state index in [-0.39, 0.29) is 24.2 Å². The highest BCUT2D eigenvalue weighted by Gasteiger charge is 2.69. The van der Waals surface area contributed by atoms with Gasteiger partial charge in [0.05, 0.1) is 17.5 Å². The van der Waals surface area contributed by atoms with Crippen molar-refractivity contribution in [2.24, 2.45) is 29.4 Å². The van der Waals surface area contributed by atoms with Crippen LogP contribution in [0.2, 0.25) is 0 Å². The van der Waals surface area contributed by atoms with Gasteiger partial charge < -0.3 is 15.9 Å². The second-order valence-corrected chi connectivity index (χ2v) is 11.1. The number of nitrogens with two attached hydrogens (primary N) is 1. The van der Waals surface area contributed by atoms with Gasteiger partial charge in [0.15, 0.2) is 34.7 Å². The average Bonchev–Trinajstić information content (AvgIpc) is 2.86. The van der Waals surface area contributed by atoms with Crippen LogP contribution in [0.25, 0.3) is 12.2 Å². The Labute approximate surface area is 225 Å². The van der Waals surface area contributed by atoms with Crippen LogP contribution in [0.3, 0.4) is 0 Å². The van der Waals surface area contributed by atoms with E-state index in [1.165, 1.54) is 11.0 Å². The molecule has 0 saturated heterocycles. The fourth-order valence-electron chi connectivity index (χ4n) is 6.65. The lowest BCUT2D eigenvalue weighted by atomic mass is 9.52. The molecule has 9 heteroatoms. The molecule has 39 heavy (non-hydrogen) atoms. The van der Waals surface area contributed by atoms with E-state index < -0.39 is 64.4 Å². The number of benzene rings is 2. The SMILES string of the molecule is Cc1ccc(/C=C/c2ccc(O)c3c2CC2CC4C(N(C)C)C(=O)C(C(N)=O)C(=O)C4(O)C(=O)C2C3=O)cc1. The first-order valence-corrected chi connectivity index (χ1v) is 12.8. The van der Waals surface area contributed by atoms with E-state index >= 15 is 0 Å². The number of primary amides is 1. The van der Waals surface area contributed by atoms with Gasteiger partial charge in [-0.2, -0.15) is 0 Å². The molecular weight excluding hydrogens is 500 g/mol. The van der Waals surface area contributed by atoms with Gasteiger partial charge in [-0.05, 0) is 62.5 Å². The van der Waals surface area contributed by atoms with Gasteiger partial charge in [-0.15, -0.1) is 0 Å². The molecule has 0 aromatic heterocycles. The van der Waals surface area contributed by atoms with Crippen molar-refractivity contribution in [2.75, 3.05) is 14.1 Å². The van der Waals surface area contributed by atoms with Crippen molar-refractivity contribution in [3.8, 4) is 5.75 Å². The van der Waals surface area contributed by atoms with E-state index in [9.17, 15) is 34.2 Å². The fourth-order valence-corrected chi connectivity index (χ4v) is 6.65. The zero-order valence-corrected chi connectivity index (χ0v) is 21.9. The lowest BCUT2D eigenvalue weighted by molar-refractivity contribution is -0.181. The first kappa shape index (κ1) is 26.6. The Kier molecular flexibility index (Phi) is 6.39. The molecule has 6 unspecified atom stereocenters. The zero-order chi connectivity index (χ0) is 28.4. The number of rotatable bonds is 4. The van der Waals surface area contributed by atoms with Crippen molar-refractivity contribution >= 4 is 41.2 Å². The molecule has 3 aliphatic carbocycles. The molecule has 4 N–H and O–H groups in total. The van der Waals surface area contributed by atoms with Crippen molar-refractivity contribution in [1.82, 2.24) is 4.90 Å². The molecule has 9 nitrogen and oxygen atoms in total. The van der Waals surface area contributed by atoms with Crippen LogP contribution < -0.4 is 5.73 Å². The number of hydrogen-bond acceptors (Lipinski definition) is 8. The second-order valence-electron chi connectivity index (χ2n) is 11.1. The van der Waals surface area contributed by atoms with Crippen LogP contribution in [0, 0.1) is 30.6 Å². The maximum atomic E-state index is 13.9. The van der Waals surface area contributed by atoms with Crippen molar-refractivity contribution in [1.29, 1.82) is 0 Å². The van der Waals surface area contributed by atoms with Crippen molar-refractivity contribution < 1.29 is 34.2 Å². The van der Waals surface area contributed by atoms with Crippen molar-refractivity contribution in [2.45, 2.75) is 31.4 Å². The number of carbonyl (C=O) groups is 5. The summed E-state index contributed by atoms with van der Waals surface area (Å²) in [7, 11) is 3.11. The summed E-state index contributed by atoms with van der Waals surface area (Å²) in [5, 5.41) is 22.3. The molecule has 2 aromatic rings. The molecule has 0 spiro atoms. The Hall–Kier alpha value is -3.95. The van der Waals surface area contributed by atoms with E-state index in [0.717, 1.165) is 11.1 Å². The summed E-state index contributed by atoms with van der Waals surface area (Å²) >= 11 is 0. The van der Waals surface area contributed by atoms with Gasteiger partial charge in [0, 0.05) is 5.92 Å². The first-order chi connectivity index (χ1) is 18.4. The number of aliphatic hydroxyl groups is 1. The highest BCUT2D eigenvalue weighted by Crippen LogP contribution is 2.51. The smallest absolute Gasteiger partial charge is 0.235 e. The largest absolute Gasteiger partial charge is 0.507 e. The number of nitrogens with zero attached hydrogens (tertiary/aromatic N) is 1. The lowest BCUT2D eigenvalue weighted by Crippen LogP contribution is -2.74. The summed E-state index contributed by atoms with van der Waals surface area (Å²) in [6, 6.07) is 9.82. The molecule has 0 bridgehead atoms. The molecule has 2 fully saturated rings. The van der Waals surface area contributed by atoms with E-state index in [0.29, 0.717) is 11.1 Å². The Morgan fingerprint density at radius 1 is 1.03 bits per heavy atom. The molecule has 2 aromatic carbocycles. The lowest BCUT2D eigenvalue weighted by Gasteiger charge is -2.52. The molecule has 0 radical (unpaired) electrons. The van der Waals surface area contributed by atoms with Crippen molar-refractivity contribution in [3.05, 3.63) is 64.2 Å². The van der Waals surface area contributed by atoms with Crippen LogP contribution >= 0.6 is 0 Å². The minimum atomic E-state index is -2.73. The highest BCUT2D eigenvalue weighted by atomic mass is 16.3. The summed E-state index contributed by atoms with van der Waals surface area (Å²) in [5.74, 6) is -10.5. The number of amides is 1. The fraction of sp³-hybridized carbons (Fsp3) is 0.367. The number of phenolic OH excluding ortho intramolecular Hbond substituents is 1. The second kappa shape index (κ2) is 9.36. The first-order valence-electron chi connectivity index (χ1n) is 12.8. The minimum absolute atomic E-state index is 0.0146. The summed E-state index contributed by atoms with van der Waals surface area (Å²) in [6.07, 6.45) is 3.96. The van der Waals surface area contributed by atoms with Gasteiger partial charge in [0.25, 0.3) is 0 Å². The third-order valence-electron chi connectivity index (χ3n) is 8.51. The zero-order valence-electron chi connectivity index (χ0n) is 21.9. The third-order valence-corrected chi connectivity index (χ3v) is 8.51. The Balaban J connectivity index is 1.59. The summed E-state index contributed by atoms with van der Waals surface area (Å²) in [5.41, 5.74) is 5.91. The molecule has 2 saturated carbocycles. The molecule has 5 rings (SSSR count). The Bertz CT molecular complexity index is 1460. The number of fused-ring (bicyclic) bond motifs is 3. The van der Waals surface area contributed by atoms with Crippen LogP contribution in [-0.4, -0.2) is 69.9 Å². The minimum Gasteiger partial charge on any atom is -0.507 e. The van der Waals surface area contributed by atoms with Crippen LogP contribution in [-0.2, 0) is 25.6 Å². The van der Waals surface area contributed by atoms with Gasteiger partial charge in [0.1, 0.15) is 5.75 Å². The standard InChI is InChI=1S/C30H30N2O7/c1-14-4-6-15(7-5-14)8-9-16-10-11-20(33)22-18(16)12-17-13-19-24(32(2)3)26(35)23(29(31)38)28(37)30(19,39)27(36)21(17)25(22)34/h4-11,17,19,21,23-24,33,39H,12-13H2,1-3H3,(H2,31,38)/b9-8+. The molecule has 6 atom stereocenters. The summed E-state index contributed by atoms with van der Waals surface area (Å²) in [4.78, 5) is 67.7. The Morgan fingerprint density at radius 3 is 2.31 bits per heavy atom. The normalized spacial score (nSPS) is 30.3. The molecule has 1 amide bonds. The maximum Gasteiger partial charge on any atom is 0.235 e. The number of aryl methyl sites for hydroxylation is 1. The van der Waals surface area contributed by atoms with E-state index in [1.54, 1.807) is 20.2 Å². The quantitative estimate of drug-likeness (QED) is 0.395. The van der Waals surface area contributed by atoms with Gasteiger partial charge in [-0.3, -0.25) is 28.9 Å². The average molecular weight is 531 g/mol.